The summed E-state index contributed by atoms with van der Waals surface area (Å²) in [4.78, 5) is 20.0. The summed E-state index contributed by atoms with van der Waals surface area (Å²) in [6.07, 6.45) is 2.33. The second kappa shape index (κ2) is 7.22. The van der Waals surface area contributed by atoms with Crippen LogP contribution in [-0.2, 0) is 11.2 Å². The highest BCUT2D eigenvalue weighted by atomic mass is 35.5. The van der Waals surface area contributed by atoms with Crippen LogP contribution in [0.3, 0.4) is 0 Å². The molecule has 0 bridgehead atoms. The molecule has 1 amide bonds. The number of anilines is 3. The SMILES string of the molecule is CCc1ccc(Nc2cc(C)ncn2)cc1NC(=O)C(C)Cl. The number of carbonyl (C=O) groups excluding carboxylic acids is 1. The summed E-state index contributed by atoms with van der Waals surface area (Å²) in [7, 11) is 0. The third-order valence-corrected chi connectivity index (χ3v) is 3.38. The third-order valence-electron chi connectivity index (χ3n) is 3.19. The number of alkyl halides is 1. The smallest absolute Gasteiger partial charge is 0.242 e. The summed E-state index contributed by atoms with van der Waals surface area (Å²) in [5, 5.41) is 5.48. The van der Waals surface area contributed by atoms with Gasteiger partial charge in [-0.3, -0.25) is 4.79 Å². The monoisotopic (exact) mass is 318 g/mol. The van der Waals surface area contributed by atoms with Crippen molar-refractivity contribution >= 4 is 34.7 Å². The van der Waals surface area contributed by atoms with Crippen LogP contribution in [0.25, 0.3) is 0 Å². The molecule has 2 rings (SSSR count). The molecule has 116 valence electrons. The van der Waals surface area contributed by atoms with Crippen molar-refractivity contribution < 1.29 is 4.79 Å². The number of rotatable bonds is 5. The summed E-state index contributed by atoms with van der Waals surface area (Å²) in [6, 6.07) is 7.67. The standard InChI is InChI=1S/C16H19ClN4O/c1-4-12-5-6-13(8-14(12)21-16(22)11(3)17)20-15-7-10(2)18-9-19-15/h5-9,11H,4H2,1-3H3,(H,21,22)(H,18,19,20). The molecule has 0 spiro atoms. The van der Waals surface area contributed by atoms with Crippen molar-refractivity contribution in [2.45, 2.75) is 32.6 Å². The lowest BCUT2D eigenvalue weighted by molar-refractivity contribution is -0.115. The van der Waals surface area contributed by atoms with Gasteiger partial charge in [-0.25, -0.2) is 9.97 Å². The molecule has 0 aliphatic heterocycles. The number of aryl methyl sites for hydroxylation is 2. The van der Waals surface area contributed by atoms with Crippen LogP contribution in [0.5, 0.6) is 0 Å². The second-order valence-electron chi connectivity index (χ2n) is 5.00. The average Bonchev–Trinajstić information content (AvgIpc) is 2.47. The maximum absolute atomic E-state index is 11.8. The van der Waals surface area contributed by atoms with Gasteiger partial charge in [-0.1, -0.05) is 13.0 Å². The molecule has 2 aromatic rings. The van der Waals surface area contributed by atoms with E-state index in [0.717, 1.165) is 29.1 Å². The minimum atomic E-state index is -0.578. The van der Waals surface area contributed by atoms with Crippen LogP contribution >= 0.6 is 11.6 Å². The number of benzene rings is 1. The molecule has 6 heteroatoms. The molecule has 0 aliphatic rings. The number of aromatic nitrogens is 2. The molecular weight excluding hydrogens is 300 g/mol. The Labute approximate surface area is 135 Å². The normalized spacial score (nSPS) is 11.8. The summed E-state index contributed by atoms with van der Waals surface area (Å²) in [5.41, 5.74) is 3.53. The van der Waals surface area contributed by atoms with Gasteiger partial charge in [0, 0.05) is 23.1 Å². The zero-order valence-corrected chi connectivity index (χ0v) is 13.6. The lowest BCUT2D eigenvalue weighted by Gasteiger charge is -2.14. The first-order valence-electron chi connectivity index (χ1n) is 7.13. The van der Waals surface area contributed by atoms with Crippen LogP contribution in [0.4, 0.5) is 17.2 Å². The number of halogens is 1. The van der Waals surface area contributed by atoms with Gasteiger partial charge in [0.2, 0.25) is 5.91 Å². The molecule has 22 heavy (non-hydrogen) atoms. The first-order chi connectivity index (χ1) is 10.5. The number of carbonyl (C=O) groups is 1. The molecule has 0 fully saturated rings. The topological polar surface area (TPSA) is 66.9 Å². The van der Waals surface area contributed by atoms with E-state index in [0.29, 0.717) is 5.82 Å². The van der Waals surface area contributed by atoms with E-state index in [1.54, 1.807) is 6.92 Å². The van der Waals surface area contributed by atoms with Crippen LogP contribution in [-0.4, -0.2) is 21.3 Å². The van der Waals surface area contributed by atoms with E-state index in [9.17, 15) is 4.79 Å². The maximum Gasteiger partial charge on any atom is 0.242 e. The number of hydrogen-bond acceptors (Lipinski definition) is 4. The first kappa shape index (κ1) is 16.2. The number of nitrogens with one attached hydrogen (secondary N) is 2. The van der Waals surface area contributed by atoms with Gasteiger partial charge >= 0.3 is 0 Å². The summed E-state index contributed by atoms with van der Waals surface area (Å²) < 4.78 is 0. The Hall–Kier alpha value is -2.14. The van der Waals surface area contributed by atoms with E-state index in [4.69, 9.17) is 11.6 Å². The maximum atomic E-state index is 11.8. The highest BCUT2D eigenvalue weighted by Gasteiger charge is 2.12. The molecule has 0 saturated carbocycles. The van der Waals surface area contributed by atoms with Crippen molar-refractivity contribution in [2.75, 3.05) is 10.6 Å². The number of nitrogens with zero attached hydrogens (tertiary/aromatic N) is 2. The van der Waals surface area contributed by atoms with Gasteiger partial charge in [-0.15, -0.1) is 11.6 Å². The molecule has 1 aromatic heterocycles. The Morgan fingerprint density at radius 3 is 2.73 bits per heavy atom. The molecular formula is C16H19ClN4O. The van der Waals surface area contributed by atoms with Crippen molar-refractivity contribution in [1.29, 1.82) is 0 Å². The van der Waals surface area contributed by atoms with E-state index >= 15 is 0 Å². The quantitative estimate of drug-likeness (QED) is 0.826. The predicted octanol–water partition coefficient (Wildman–Crippen LogP) is 3.66. The van der Waals surface area contributed by atoms with Crippen LogP contribution < -0.4 is 10.6 Å². The Morgan fingerprint density at radius 2 is 2.09 bits per heavy atom. The predicted molar refractivity (Wildman–Crippen MR) is 89.8 cm³/mol. The van der Waals surface area contributed by atoms with Gasteiger partial charge in [0.05, 0.1) is 0 Å². The number of hydrogen-bond donors (Lipinski definition) is 2. The first-order valence-corrected chi connectivity index (χ1v) is 7.56. The summed E-state index contributed by atoms with van der Waals surface area (Å²) in [5.74, 6) is 0.492. The minimum Gasteiger partial charge on any atom is -0.340 e. The number of amides is 1. The molecule has 0 aliphatic carbocycles. The molecule has 1 heterocycles. The lowest BCUT2D eigenvalue weighted by Crippen LogP contribution is -2.21. The Balaban J connectivity index is 2.24. The molecule has 1 aromatic carbocycles. The van der Waals surface area contributed by atoms with Crippen LogP contribution in [0, 0.1) is 6.92 Å². The third kappa shape index (κ3) is 4.18. The van der Waals surface area contributed by atoms with E-state index < -0.39 is 5.38 Å². The minimum absolute atomic E-state index is 0.216. The van der Waals surface area contributed by atoms with Gasteiger partial charge in [-0.2, -0.15) is 0 Å². The highest BCUT2D eigenvalue weighted by molar-refractivity contribution is 6.32. The van der Waals surface area contributed by atoms with Gasteiger partial charge < -0.3 is 10.6 Å². The fraction of sp³-hybridized carbons (Fsp3) is 0.312. The molecule has 5 nitrogen and oxygen atoms in total. The Bertz CT molecular complexity index is 673. The molecule has 0 radical (unpaired) electrons. The van der Waals surface area contributed by atoms with Gasteiger partial charge in [0.15, 0.2) is 0 Å². The molecule has 1 unspecified atom stereocenters. The van der Waals surface area contributed by atoms with E-state index in [-0.39, 0.29) is 5.91 Å². The zero-order valence-electron chi connectivity index (χ0n) is 12.9. The second-order valence-corrected chi connectivity index (χ2v) is 5.66. The molecule has 2 N–H and O–H groups in total. The van der Waals surface area contributed by atoms with Crippen molar-refractivity contribution in [3.63, 3.8) is 0 Å². The van der Waals surface area contributed by atoms with Crippen molar-refractivity contribution in [3.8, 4) is 0 Å². The van der Waals surface area contributed by atoms with Gasteiger partial charge in [0.25, 0.3) is 0 Å². The Morgan fingerprint density at radius 1 is 1.32 bits per heavy atom. The van der Waals surface area contributed by atoms with Gasteiger partial charge in [0.1, 0.15) is 17.5 Å². The van der Waals surface area contributed by atoms with Crippen molar-refractivity contribution in [1.82, 2.24) is 9.97 Å². The van der Waals surface area contributed by atoms with Gasteiger partial charge in [-0.05, 0) is 38.0 Å². The lowest BCUT2D eigenvalue weighted by atomic mass is 10.1. The fourth-order valence-corrected chi connectivity index (χ4v) is 2.04. The highest BCUT2D eigenvalue weighted by Crippen LogP contribution is 2.24. The van der Waals surface area contributed by atoms with Crippen molar-refractivity contribution in [3.05, 3.63) is 41.9 Å². The summed E-state index contributed by atoms with van der Waals surface area (Å²) >= 11 is 5.82. The summed E-state index contributed by atoms with van der Waals surface area (Å²) in [6.45, 7) is 5.59. The van der Waals surface area contributed by atoms with Crippen LogP contribution in [0.2, 0.25) is 0 Å². The van der Waals surface area contributed by atoms with Crippen LogP contribution in [0.15, 0.2) is 30.6 Å². The van der Waals surface area contributed by atoms with E-state index in [2.05, 4.69) is 20.6 Å². The Kier molecular flexibility index (Phi) is 5.33. The zero-order chi connectivity index (χ0) is 16.1. The largest absolute Gasteiger partial charge is 0.340 e. The van der Waals surface area contributed by atoms with E-state index in [1.807, 2.05) is 38.1 Å². The molecule has 0 saturated heterocycles. The fourth-order valence-electron chi connectivity index (χ4n) is 1.98. The molecule has 1 atom stereocenters. The van der Waals surface area contributed by atoms with Crippen LogP contribution in [0.1, 0.15) is 25.1 Å². The average molecular weight is 319 g/mol. The van der Waals surface area contributed by atoms with E-state index in [1.165, 1.54) is 6.33 Å². The van der Waals surface area contributed by atoms with Crippen molar-refractivity contribution in [2.24, 2.45) is 0 Å².